The zero-order valence-electron chi connectivity index (χ0n) is 13.0. The lowest BCUT2D eigenvalue weighted by Gasteiger charge is -2.10. The lowest BCUT2D eigenvalue weighted by molar-refractivity contribution is 0.118. The molecule has 1 heterocycles. The van der Waals surface area contributed by atoms with Gasteiger partial charge in [0.05, 0.1) is 20.3 Å². The number of aromatic nitrogens is 1. The van der Waals surface area contributed by atoms with E-state index < -0.39 is 12.3 Å². The normalized spacial score (nSPS) is 9.61. The molecule has 0 aliphatic rings. The third kappa shape index (κ3) is 6.65. The second-order valence-corrected chi connectivity index (χ2v) is 4.46. The average Bonchev–Trinajstić information content (AvgIpc) is 2.56. The molecule has 0 aromatic carbocycles. The summed E-state index contributed by atoms with van der Waals surface area (Å²) < 4.78 is 18.7. The molecule has 0 unspecified atom stereocenters. The largest absolute Gasteiger partial charge is 0.514 e. The van der Waals surface area contributed by atoms with Gasteiger partial charge in [-0.2, -0.15) is 5.26 Å². The van der Waals surface area contributed by atoms with Gasteiger partial charge in [0.25, 0.3) is 0 Å². The van der Waals surface area contributed by atoms with Crippen LogP contribution >= 0.6 is 0 Å². The van der Waals surface area contributed by atoms with Crippen LogP contribution < -0.4 is 9.47 Å². The molecular formula is C15H18N2O6. The highest BCUT2D eigenvalue weighted by Crippen LogP contribution is 2.25. The molecule has 0 aliphatic carbocycles. The van der Waals surface area contributed by atoms with Gasteiger partial charge >= 0.3 is 12.3 Å². The molecule has 1 rings (SSSR count). The van der Waals surface area contributed by atoms with E-state index in [1.54, 1.807) is 0 Å². The summed E-state index contributed by atoms with van der Waals surface area (Å²) in [5.74, 6) is 0.148. The van der Waals surface area contributed by atoms with Gasteiger partial charge in [0, 0.05) is 24.2 Å². The van der Waals surface area contributed by atoms with Gasteiger partial charge in [0.1, 0.15) is 5.75 Å². The fourth-order valence-electron chi connectivity index (χ4n) is 1.74. The Balaban J connectivity index is 2.79. The van der Waals surface area contributed by atoms with Crippen LogP contribution in [-0.4, -0.2) is 31.5 Å². The number of nitriles is 1. The van der Waals surface area contributed by atoms with Crippen LogP contribution in [0, 0.1) is 11.3 Å². The molecule has 0 amide bonds. The van der Waals surface area contributed by atoms with Crippen LogP contribution in [0.2, 0.25) is 0 Å². The van der Waals surface area contributed by atoms with E-state index in [-0.39, 0.29) is 11.6 Å². The number of rotatable bonds is 7. The van der Waals surface area contributed by atoms with Crippen molar-refractivity contribution in [1.29, 1.82) is 5.26 Å². The van der Waals surface area contributed by atoms with Crippen LogP contribution in [0.3, 0.4) is 0 Å². The Kier molecular flexibility index (Phi) is 7.92. The number of carbonyl (C=O) groups excluding carboxylic acids is 2. The summed E-state index contributed by atoms with van der Waals surface area (Å²) in [4.78, 5) is 26.4. The van der Waals surface area contributed by atoms with Gasteiger partial charge in [-0.1, -0.05) is 6.42 Å². The summed E-state index contributed by atoms with van der Waals surface area (Å²) in [6.07, 6.45) is 3.24. The number of carbonyl (C=O) groups is 2. The third-order valence-corrected chi connectivity index (χ3v) is 2.87. The maximum absolute atomic E-state index is 11.3. The number of aryl methyl sites for hydroxylation is 1. The second kappa shape index (κ2) is 10.00. The van der Waals surface area contributed by atoms with Crippen LogP contribution in [0.4, 0.5) is 9.59 Å². The van der Waals surface area contributed by atoms with E-state index >= 15 is 0 Å². The first-order valence-corrected chi connectivity index (χ1v) is 6.98. The summed E-state index contributed by atoms with van der Waals surface area (Å²) in [7, 11) is 2.36. The Morgan fingerprint density at radius 1 is 1.13 bits per heavy atom. The molecule has 124 valence electrons. The zero-order chi connectivity index (χ0) is 17.1. The van der Waals surface area contributed by atoms with Crippen molar-refractivity contribution in [3.05, 3.63) is 17.8 Å². The molecule has 8 heteroatoms. The van der Waals surface area contributed by atoms with Crippen molar-refractivity contribution in [3.8, 4) is 17.7 Å². The minimum atomic E-state index is -0.925. The molecule has 0 saturated carbocycles. The number of methoxy groups -OCH3 is 2. The lowest BCUT2D eigenvalue weighted by Crippen LogP contribution is -2.11. The first-order chi connectivity index (χ1) is 11.1. The SMILES string of the molecule is COC(=O)Oc1cc(OC(=O)OC)c(CCCCCC#N)cn1. The molecule has 8 nitrogen and oxygen atoms in total. The minimum Gasteiger partial charge on any atom is -0.437 e. The highest BCUT2D eigenvalue weighted by Gasteiger charge is 2.14. The predicted molar refractivity (Wildman–Crippen MR) is 78.1 cm³/mol. The highest BCUT2D eigenvalue weighted by atomic mass is 16.7. The zero-order valence-corrected chi connectivity index (χ0v) is 13.0. The van der Waals surface area contributed by atoms with E-state index in [1.165, 1.54) is 26.5 Å². The van der Waals surface area contributed by atoms with E-state index in [9.17, 15) is 9.59 Å². The number of pyridine rings is 1. The number of ether oxygens (including phenoxy) is 4. The van der Waals surface area contributed by atoms with Crippen molar-refractivity contribution >= 4 is 12.3 Å². The molecule has 23 heavy (non-hydrogen) atoms. The van der Waals surface area contributed by atoms with Crippen LogP contribution in [0.1, 0.15) is 31.2 Å². The van der Waals surface area contributed by atoms with E-state index in [2.05, 4.69) is 20.5 Å². The quantitative estimate of drug-likeness (QED) is 0.557. The van der Waals surface area contributed by atoms with Crippen molar-refractivity contribution in [2.24, 2.45) is 0 Å². The second-order valence-electron chi connectivity index (χ2n) is 4.46. The van der Waals surface area contributed by atoms with Crippen molar-refractivity contribution in [2.75, 3.05) is 14.2 Å². The maximum Gasteiger partial charge on any atom is 0.514 e. The minimum absolute atomic E-state index is 0.0519. The average molecular weight is 322 g/mol. The Labute approximate surface area is 133 Å². The van der Waals surface area contributed by atoms with Crippen molar-refractivity contribution < 1.29 is 28.5 Å². The smallest absolute Gasteiger partial charge is 0.437 e. The Morgan fingerprint density at radius 2 is 1.83 bits per heavy atom. The Bertz CT molecular complexity index is 582. The van der Waals surface area contributed by atoms with Gasteiger partial charge in [-0.05, 0) is 19.3 Å². The molecule has 1 aromatic heterocycles. The van der Waals surface area contributed by atoms with Crippen molar-refractivity contribution in [1.82, 2.24) is 4.98 Å². The molecule has 0 N–H and O–H groups in total. The molecule has 1 aromatic rings. The predicted octanol–water partition coefficient (Wildman–Crippen LogP) is 3.00. The number of unbranched alkanes of at least 4 members (excludes halogenated alkanes) is 3. The summed E-state index contributed by atoms with van der Waals surface area (Å²) in [5, 5.41) is 8.49. The fourth-order valence-corrected chi connectivity index (χ4v) is 1.74. The third-order valence-electron chi connectivity index (χ3n) is 2.87. The highest BCUT2D eigenvalue weighted by molar-refractivity contribution is 5.65. The van der Waals surface area contributed by atoms with Crippen LogP contribution in [0.15, 0.2) is 12.3 Å². The van der Waals surface area contributed by atoms with Gasteiger partial charge in [-0.3, -0.25) is 0 Å². The summed E-state index contributed by atoms with van der Waals surface area (Å²) in [5.41, 5.74) is 0.671. The van der Waals surface area contributed by atoms with E-state index in [0.717, 1.165) is 19.3 Å². The Morgan fingerprint density at radius 3 is 2.48 bits per heavy atom. The van der Waals surface area contributed by atoms with Crippen LogP contribution in [-0.2, 0) is 15.9 Å². The van der Waals surface area contributed by atoms with E-state index in [1.807, 2.05) is 0 Å². The van der Waals surface area contributed by atoms with Crippen LogP contribution in [0.25, 0.3) is 0 Å². The molecular weight excluding hydrogens is 304 g/mol. The number of nitrogens with zero attached hydrogens (tertiary/aromatic N) is 2. The van der Waals surface area contributed by atoms with E-state index in [0.29, 0.717) is 18.4 Å². The molecule has 0 bridgehead atoms. The fraction of sp³-hybridized carbons (Fsp3) is 0.467. The summed E-state index contributed by atoms with van der Waals surface area (Å²) in [6, 6.07) is 3.40. The molecule has 0 spiro atoms. The lowest BCUT2D eigenvalue weighted by atomic mass is 10.1. The number of hydrogen-bond donors (Lipinski definition) is 0. The molecule has 0 atom stereocenters. The standard InChI is InChI=1S/C15H18N2O6/c1-20-14(18)22-12-9-13(23-15(19)21-2)17-10-11(12)7-5-3-4-6-8-16/h9-10H,3-7H2,1-2H3. The molecule has 0 fully saturated rings. The molecule has 0 saturated heterocycles. The van der Waals surface area contributed by atoms with Crippen molar-refractivity contribution in [3.63, 3.8) is 0 Å². The van der Waals surface area contributed by atoms with Gasteiger partial charge in [0.2, 0.25) is 5.88 Å². The van der Waals surface area contributed by atoms with Gasteiger partial charge in [-0.25, -0.2) is 14.6 Å². The van der Waals surface area contributed by atoms with Gasteiger partial charge in [0.15, 0.2) is 0 Å². The topological polar surface area (TPSA) is 108 Å². The Hall–Kier alpha value is -2.82. The molecule has 0 aliphatic heterocycles. The summed E-state index contributed by atoms with van der Waals surface area (Å²) >= 11 is 0. The molecule has 0 radical (unpaired) electrons. The van der Waals surface area contributed by atoms with Crippen molar-refractivity contribution in [2.45, 2.75) is 32.1 Å². The first-order valence-electron chi connectivity index (χ1n) is 6.98. The first kappa shape index (κ1) is 18.2. The maximum atomic E-state index is 11.3. The van der Waals surface area contributed by atoms with Crippen LogP contribution in [0.5, 0.6) is 11.6 Å². The van der Waals surface area contributed by atoms with Gasteiger partial charge < -0.3 is 18.9 Å². The summed E-state index contributed by atoms with van der Waals surface area (Å²) in [6.45, 7) is 0. The number of hydrogen-bond acceptors (Lipinski definition) is 8. The monoisotopic (exact) mass is 322 g/mol. The van der Waals surface area contributed by atoms with Gasteiger partial charge in [-0.15, -0.1) is 0 Å². The van der Waals surface area contributed by atoms with E-state index in [4.69, 9.17) is 14.7 Å².